The maximum Gasteiger partial charge on any atom is 0.407 e. The molecule has 42 heavy (non-hydrogen) atoms. The van der Waals surface area contributed by atoms with E-state index in [1.807, 2.05) is 45.9 Å². The highest BCUT2D eigenvalue weighted by molar-refractivity contribution is 6.21. The Morgan fingerprint density at radius 1 is 0.952 bits per heavy atom. The third kappa shape index (κ3) is 7.78. The zero-order valence-electron chi connectivity index (χ0n) is 24.8. The Balaban J connectivity index is 0.00000484. The summed E-state index contributed by atoms with van der Waals surface area (Å²) in [6.07, 6.45) is -0.478. The first kappa shape index (κ1) is 33.3. The van der Waals surface area contributed by atoms with Gasteiger partial charge < -0.3 is 48.2 Å². The van der Waals surface area contributed by atoms with Crippen molar-refractivity contribution in [2.24, 2.45) is 0 Å². The second-order valence-electron chi connectivity index (χ2n) is 10.6. The van der Waals surface area contributed by atoms with Gasteiger partial charge in [0.15, 0.2) is 11.0 Å². The van der Waals surface area contributed by atoms with Crippen molar-refractivity contribution < 1.29 is 61.9 Å². The van der Waals surface area contributed by atoms with Crippen LogP contribution in [0.4, 0.5) is 4.79 Å². The number of ether oxygens (including phenoxy) is 4. The van der Waals surface area contributed by atoms with Gasteiger partial charge in [-0.25, -0.2) is 13.9 Å². The maximum absolute atomic E-state index is 13.1. The first-order chi connectivity index (χ1) is 19.6. The van der Waals surface area contributed by atoms with Crippen LogP contribution >= 0.6 is 0 Å². The summed E-state index contributed by atoms with van der Waals surface area (Å²) < 4.78 is 26.3. The molecule has 0 spiro atoms. The summed E-state index contributed by atoms with van der Waals surface area (Å²) in [6, 6.07) is 12.7. The van der Waals surface area contributed by atoms with Crippen molar-refractivity contribution in [2.75, 3.05) is 40.1 Å². The maximum atomic E-state index is 13.1. The van der Waals surface area contributed by atoms with E-state index in [-0.39, 0.29) is 42.3 Å². The second-order valence-corrected chi connectivity index (χ2v) is 10.6. The van der Waals surface area contributed by atoms with Crippen LogP contribution in [0.15, 0.2) is 42.5 Å². The molecular formula is C30H39IN4O7. The molecule has 0 fully saturated rings. The number of imide groups is 1. The Bertz CT molecular complexity index is 1380. The zero-order valence-corrected chi connectivity index (χ0v) is 26.9. The topological polar surface area (TPSA) is 112 Å². The number of imidazole rings is 1. The molecule has 4 rings (SSSR count). The van der Waals surface area contributed by atoms with Crippen LogP contribution in [0.5, 0.6) is 5.75 Å². The molecule has 1 aliphatic heterocycles. The first-order valence-corrected chi connectivity index (χ1v) is 13.8. The standard InChI is InChI=1S/C30H38N4O7.HI/c1-6-32-24-12-11-21(38-5)19-25(24)33(14-16-40-18-17-39-15-13-31-29(37)41-30(2,3)4)26(32)20-34-27(35)22-9-7-8-10-23(22)28(34)36;/h7-12,19H,6,13-18,20H2,1-5H3;1H. The second kappa shape index (κ2) is 14.8. The van der Waals surface area contributed by atoms with Crippen molar-refractivity contribution in [2.45, 2.75) is 52.9 Å². The van der Waals surface area contributed by atoms with Crippen molar-refractivity contribution in [3.8, 4) is 5.75 Å². The molecule has 0 saturated carbocycles. The molecule has 11 nitrogen and oxygen atoms in total. The van der Waals surface area contributed by atoms with Crippen molar-refractivity contribution in [1.82, 2.24) is 14.8 Å². The molecule has 1 aliphatic rings. The number of methoxy groups -OCH3 is 1. The van der Waals surface area contributed by atoms with Crippen LogP contribution in [0, 0.1) is 0 Å². The minimum atomic E-state index is -0.546. The smallest absolute Gasteiger partial charge is 0.407 e. The van der Waals surface area contributed by atoms with Gasteiger partial charge in [-0.05, 0) is 52.0 Å². The molecule has 0 saturated heterocycles. The highest BCUT2D eigenvalue weighted by atomic mass is 127. The molecule has 3 amide bonds. The number of benzene rings is 2. The van der Waals surface area contributed by atoms with E-state index in [2.05, 4.69) is 14.5 Å². The third-order valence-electron chi connectivity index (χ3n) is 6.63. The van der Waals surface area contributed by atoms with Gasteiger partial charge in [-0.15, -0.1) is 0 Å². The van der Waals surface area contributed by atoms with Crippen LogP contribution in [0.3, 0.4) is 0 Å². The summed E-state index contributed by atoms with van der Waals surface area (Å²) in [5.74, 6) is 0.939. The molecule has 12 heteroatoms. The minimum Gasteiger partial charge on any atom is -1.00 e. The molecule has 0 unspecified atom stereocenters. The van der Waals surface area contributed by atoms with Crippen LogP contribution < -0.4 is 38.6 Å². The molecule has 0 bridgehead atoms. The predicted molar refractivity (Wildman–Crippen MR) is 151 cm³/mol. The average molecular weight is 695 g/mol. The summed E-state index contributed by atoms with van der Waals surface area (Å²) in [7, 11) is 1.62. The number of aromatic nitrogens is 2. The van der Waals surface area contributed by atoms with Gasteiger partial charge >= 0.3 is 6.09 Å². The van der Waals surface area contributed by atoms with Gasteiger partial charge in [-0.2, -0.15) is 0 Å². The van der Waals surface area contributed by atoms with Crippen molar-refractivity contribution in [3.05, 3.63) is 59.4 Å². The van der Waals surface area contributed by atoms with Gasteiger partial charge in [0.1, 0.15) is 24.4 Å². The quantitative estimate of drug-likeness (QED) is 0.119. The SMILES string of the molecule is CC[n+]1c(CN2C(=O)c3ccccc3C2=O)n(CCOCCOCCNC(=O)OC(C)(C)C)c2cc(OC)ccc21.[I-]. The van der Waals surface area contributed by atoms with Gasteiger partial charge in [-0.3, -0.25) is 14.5 Å². The normalized spacial score (nSPS) is 12.8. The predicted octanol–water partition coefficient (Wildman–Crippen LogP) is 0.315. The number of nitrogens with zero attached hydrogens (tertiary/aromatic N) is 3. The Kier molecular flexibility index (Phi) is 11.7. The molecule has 2 heterocycles. The lowest BCUT2D eigenvalue weighted by atomic mass is 10.1. The number of nitrogens with one attached hydrogen (secondary N) is 1. The van der Waals surface area contributed by atoms with Gasteiger partial charge in [-0.1, -0.05) is 12.1 Å². The molecule has 0 radical (unpaired) electrons. The van der Waals surface area contributed by atoms with E-state index in [1.165, 1.54) is 4.90 Å². The summed E-state index contributed by atoms with van der Waals surface area (Å²) in [5.41, 5.74) is 2.20. The summed E-state index contributed by atoms with van der Waals surface area (Å²) in [5, 5.41) is 2.65. The molecule has 1 aromatic heterocycles. The lowest BCUT2D eigenvalue weighted by molar-refractivity contribution is -0.677. The number of aryl methyl sites for hydroxylation is 1. The lowest BCUT2D eigenvalue weighted by Gasteiger charge is -2.19. The Hall–Kier alpha value is -3.23. The Morgan fingerprint density at radius 2 is 1.60 bits per heavy atom. The summed E-state index contributed by atoms with van der Waals surface area (Å²) in [6.45, 7) is 10.5. The van der Waals surface area contributed by atoms with E-state index >= 15 is 0 Å². The van der Waals surface area contributed by atoms with E-state index in [0.717, 1.165) is 16.9 Å². The van der Waals surface area contributed by atoms with Gasteiger partial charge in [0.25, 0.3) is 17.6 Å². The highest BCUT2D eigenvalue weighted by Gasteiger charge is 2.38. The van der Waals surface area contributed by atoms with Crippen LogP contribution in [-0.4, -0.2) is 73.1 Å². The fourth-order valence-corrected chi connectivity index (χ4v) is 4.81. The molecule has 3 aromatic rings. The van der Waals surface area contributed by atoms with Crippen molar-refractivity contribution in [3.63, 3.8) is 0 Å². The minimum absolute atomic E-state index is 0. The number of carbonyl (C=O) groups is 3. The lowest BCUT2D eigenvalue weighted by Crippen LogP contribution is -3.00. The zero-order chi connectivity index (χ0) is 29.6. The number of hydrogen-bond acceptors (Lipinski definition) is 7. The van der Waals surface area contributed by atoms with Crippen LogP contribution in [0.25, 0.3) is 11.0 Å². The van der Waals surface area contributed by atoms with E-state index in [1.54, 1.807) is 31.4 Å². The monoisotopic (exact) mass is 694 g/mol. The molecule has 228 valence electrons. The van der Waals surface area contributed by atoms with E-state index in [9.17, 15) is 14.4 Å². The molecule has 0 aliphatic carbocycles. The number of rotatable bonds is 13. The number of alkyl carbamates (subject to hydrolysis) is 1. The van der Waals surface area contributed by atoms with Crippen LogP contribution in [0.2, 0.25) is 0 Å². The summed E-state index contributed by atoms with van der Waals surface area (Å²) in [4.78, 5) is 39.3. The average Bonchev–Trinajstić information content (AvgIpc) is 3.36. The number of carbonyl (C=O) groups excluding carboxylic acids is 3. The number of hydrogen-bond donors (Lipinski definition) is 1. The van der Waals surface area contributed by atoms with E-state index < -0.39 is 11.7 Å². The molecule has 1 N–H and O–H groups in total. The number of fused-ring (bicyclic) bond motifs is 2. The Morgan fingerprint density at radius 3 is 2.19 bits per heavy atom. The fraction of sp³-hybridized carbons (Fsp3) is 0.467. The molecule has 0 atom stereocenters. The largest absolute Gasteiger partial charge is 1.00 e. The Labute approximate surface area is 263 Å². The molecule has 2 aromatic carbocycles. The van der Waals surface area contributed by atoms with E-state index in [4.69, 9.17) is 18.9 Å². The van der Waals surface area contributed by atoms with Crippen molar-refractivity contribution in [1.29, 1.82) is 0 Å². The number of halogens is 1. The van der Waals surface area contributed by atoms with E-state index in [0.29, 0.717) is 62.9 Å². The highest BCUT2D eigenvalue weighted by Crippen LogP contribution is 2.26. The van der Waals surface area contributed by atoms with Gasteiger partial charge in [0.2, 0.25) is 0 Å². The molecular weight excluding hydrogens is 655 g/mol. The summed E-state index contributed by atoms with van der Waals surface area (Å²) >= 11 is 0. The first-order valence-electron chi connectivity index (χ1n) is 13.8. The van der Waals surface area contributed by atoms with Crippen molar-refractivity contribution >= 4 is 28.9 Å². The van der Waals surface area contributed by atoms with Crippen LogP contribution in [-0.2, 0) is 33.8 Å². The van der Waals surface area contributed by atoms with Gasteiger partial charge in [0.05, 0.1) is 51.2 Å². The fourth-order valence-electron chi connectivity index (χ4n) is 4.81. The van der Waals surface area contributed by atoms with Crippen LogP contribution in [0.1, 0.15) is 54.2 Å². The van der Waals surface area contributed by atoms with Gasteiger partial charge in [0, 0.05) is 12.6 Å². The number of amides is 3. The third-order valence-corrected chi connectivity index (χ3v) is 6.63.